The highest BCUT2D eigenvalue weighted by atomic mass is 35.5. The minimum absolute atomic E-state index is 0.431. The van der Waals surface area contributed by atoms with Crippen LogP contribution in [-0.4, -0.2) is 17.6 Å². The number of amides is 1. The van der Waals surface area contributed by atoms with Crippen LogP contribution in [0.5, 0.6) is 5.75 Å². The predicted octanol–water partition coefficient (Wildman–Crippen LogP) is 4.47. The van der Waals surface area contributed by atoms with Crippen molar-refractivity contribution in [3.05, 3.63) is 76.4 Å². The fourth-order valence-corrected chi connectivity index (χ4v) is 3.34. The first kappa shape index (κ1) is 18.1. The van der Waals surface area contributed by atoms with E-state index in [1.807, 2.05) is 61.5 Å². The van der Waals surface area contributed by atoms with Gasteiger partial charge >= 0.3 is 0 Å². The standard InChI is InChI=1S/C21H21ClN2O2/c1-14-18(21(23)25)13-20(17-5-3-4-6-19(17)22)24(14)12-11-15-7-9-16(26-2)10-8-15/h3-10,13H,11-12H2,1-2H3,(H2,23,25). The minimum Gasteiger partial charge on any atom is -0.497 e. The third-order valence-corrected chi connectivity index (χ3v) is 4.89. The molecular formula is C21H21ClN2O2. The number of carbonyl (C=O) groups is 1. The Morgan fingerprint density at radius 2 is 1.85 bits per heavy atom. The Balaban J connectivity index is 1.96. The number of halogens is 1. The number of methoxy groups -OCH3 is 1. The maximum Gasteiger partial charge on any atom is 0.250 e. The van der Waals surface area contributed by atoms with Crippen LogP contribution in [0.4, 0.5) is 0 Å². The van der Waals surface area contributed by atoms with Crippen molar-refractivity contribution in [1.29, 1.82) is 0 Å². The van der Waals surface area contributed by atoms with E-state index >= 15 is 0 Å². The second-order valence-electron chi connectivity index (χ2n) is 6.12. The molecule has 0 saturated carbocycles. The zero-order chi connectivity index (χ0) is 18.7. The molecule has 5 heteroatoms. The number of nitrogens with zero attached hydrogens (tertiary/aromatic N) is 1. The molecular weight excluding hydrogens is 348 g/mol. The number of benzene rings is 2. The first-order valence-electron chi connectivity index (χ1n) is 8.39. The highest BCUT2D eigenvalue weighted by Crippen LogP contribution is 2.31. The van der Waals surface area contributed by atoms with E-state index in [2.05, 4.69) is 4.57 Å². The molecule has 0 aliphatic heterocycles. The number of rotatable bonds is 6. The van der Waals surface area contributed by atoms with Crippen LogP contribution in [0.1, 0.15) is 21.6 Å². The van der Waals surface area contributed by atoms with Crippen molar-refractivity contribution >= 4 is 17.5 Å². The van der Waals surface area contributed by atoms with Crippen LogP contribution >= 0.6 is 11.6 Å². The first-order chi connectivity index (χ1) is 12.5. The van der Waals surface area contributed by atoms with Gasteiger partial charge in [-0.25, -0.2) is 0 Å². The zero-order valence-electron chi connectivity index (χ0n) is 14.8. The van der Waals surface area contributed by atoms with Gasteiger partial charge < -0.3 is 15.0 Å². The van der Waals surface area contributed by atoms with Crippen LogP contribution in [0.15, 0.2) is 54.6 Å². The Morgan fingerprint density at radius 3 is 2.46 bits per heavy atom. The molecule has 26 heavy (non-hydrogen) atoms. The topological polar surface area (TPSA) is 57.2 Å². The van der Waals surface area contributed by atoms with E-state index in [1.54, 1.807) is 7.11 Å². The van der Waals surface area contributed by atoms with Crippen LogP contribution in [0.3, 0.4) is 0 Å². The number of hydrogen-bond donors (Lipinski definition) is 1. The molecule has 0 spiro atoms. The third-order valence-electron chi connectivity index (χ3n) is 4.56. The largest absolute Gasteiger partial charge is 0.497 e. The summed E-state index contributed by atoms with van der Waals surface area (Å²) >= 11 is 6.38. The lowest BCUT2D eigenvalue weighted by Crippen LogP contribution is -2.13. The van der Waals surface area contributed by atoms with Gasteiger partial charge in [0.15, 0.2) is 0 Å². The molecule has 0 saturated heterocycles. The molecule has 2 N–H and O–H groups in total. The summed E-state index contributed by atoms with van der Waals surface area (Å²) in [6.45, 7) is 2.63. The molecule has 0 aliphatic rings. The van der Waals surface area contributed by atoms with Crippen molar-refractivity contribution in [1.82, 2.24) is 4.57 Å². The number of ether oxygens (including phenoxy) is 1. The highest BCUT2D eigenvalue weighted by molar-refractivity contribution is 6.33. The van der Waals surface area contributed by atoms with Gasteiger partial charge in [0, 0.05) is 22.8 Å². The van der Waals surface area contributed by atoms with E-state index in [0.29, 0.717) is 17.1 Å². The molecule has 1 amide bonds. The van der Waals surface area contributed by atoms with Crippen molar-refractivity contribution in [3.63, 3.8) is 0 Å². The highest BCUT2D eigenvalue weighted by Gasteiger charge is 2.18. The Bertz CT molecular complexity index is 930. The first-order valence-corrected chi connectivity index (χ1v) is 8.77. The molecule has 0 bridgehead atoms. The quantitative estimate of drug-likeness (QED) is 0.698. The lowest BCUT2D eigenvalue weighted by molar-refractivity contribution is 0.0999. The number of primary amides is 1. The Kier molecular flexibility index (Phi) is 5.33. The SMILES string of the molecule is COc1ccc(CCn2c(-c3ccccc3Cl)cc(C(N)=O)c2C)cc1. The van der Waals surface area contributed by atoms with Gasteiger partial charge in [-0.2, -0.15) is 0 Å². The number of aryl methyl sites for hydroxylation is 1. The number of hydrogen-bond acceptors (Lipinski definition) is 2. The molecule has 0 unspecified atom stereocenters. The molecule has 1 heterocycles. The molecule has 1 aromatic heterocycles. The summed E-state index contributed by atoms with van der Waals surface area (Å²) in [5.41, 5.74) is 9.90. The fraction of sp³-hybridized carbons (Fsp3) is 0.190. The molecule has 4 nitrogen and oxygen atoms in total. The number of aromatic nitrogens is 1. The van der Waals surface area contributed by atoms with Crippen LogP contribution in [0.2, 0.25) is 5.02 Å². The van der Waals surface area contributed by atoms with Crippen LogP contribution in [0.25, 0.3) is 11.3 Å². The fourth-order valence-electron chi connectivity index (χ4n) is 3.11. The Hall–Kier alpha value is -2.72. The van der Waals surface area contributed by atoms with Crippen molar-refractivity contribution in [2.75, 3.05) is 7.11 Å². The van der Waals surface area contributed by atoms with E-state index in [1.165, 1.54) is 5.56 Å². The van der Waals surface area contributed by atoms with Gasteiger partial charge in [-0.15, -0.1) is 0 Å². The normalized spacial score (nSPS) is 10.7. The van der Waals surface area contributed by atoms with E-state index in [4.69, 9.17) is 22.1 Å². The minimum atomic E-state index is -0.431. The van der Waals surface area contributed by atoms with Crippen molar-refractivity contribution in [3.8, 4) is 17.0 Å². The summed E-state index contributed by atoms with van der Waals surface area (Å²) in [4.78, 5) is 11.8. The van der Waals surface area contributed by atoms with Gasteiger partial charge in [0.25, 0.3) is 5.91 Å². The second-order valence-corrected chi connectivity index (χ2v) is 6.53. The summed E-state index contributed by atoms with van der Waals surface area (Å²) < 4.78 is 7.30. The van der Waals surface area contributed by atoms with Crippen LogP contribution in [-0.2, 0) is 13.0 Å². The zero-order valence-corrected chi connectivity index (χ0v) is 15.6. The van der Waals surface area contributed by atoms with Gasteiger partial charge in [-0.05, 0) is 43.2 Å². The molecule has 3 aromatic rings. The third kappa shape index (κ3) is 3.60. The monoisotopic (exact) mass is 368 g/mol. The van der Waals surface area contributed by atoms with E-state index in [-0.39, 0.29) is 0 Å². The molecule has 0 radical (unpaired) electrons. The van der Waals surface area contributed by atoms with Gasteiger partial charge in [-0.3, -0.25) is 4.79 Å². The van der Waals surface area contributed by atoms with E-state index < -0.39 is 5.91 Å². The van der Waals surface area contributed by atoms with Crippen LogP contribution < -0.4 is 10.5 Å². The summed E-state index contributed by atoms with van der Waals surface area (Å²) in [6, 6.07) is 17.4. The van der Waals surface area contributed by atoms with Gasteiger partial charge in [-0.1, -0.05) is 41.9 Å². The van der Waals surface area contributed by atoms with Gasteiger partial charge in [0.05, 0.1) is 18.4 Å². The van der Waals surface area contributed by atoms with Crippen molar-refractivity contribution in [2.45, 2.75) is 19.9 Å². The maximum absolute atomic E-state index is 11.8. The van der Waals surface area contributed by atoms with Crippen LogP contribution in [0, 0.1) is 6.92 Å². The van der Waals surface area contributed by atoms with E-state index in [0.717, 1.165) is 29.1 Å². The summed E-state index contributed by atoms with van der Waals surface area (Å²) in [7, 11) is 1.65. The molecule has 0 atom stereocenters. The smallest absolute Gasteiger partial charge is 0.250 e. The average molecular weight is 369 g/mol. The predicted molar refractivity (Wildman–Crippen MR) is 105 cm³/mol. The van der Waals surface area contributed by atoms with Crippen molar-refractivity contribution in [2.24, 2.45) is 5.73 Å². The Morgan fingerprint density at radius 1 is 1.15 bits per heavy atom. The lowest BCUT2D eigenvalue weighted by atomic mass is 10.1. The molecule has 2 aromatic carbocycles. The number of carbonyl (C=O) groups excluding carboxylic acids is 1. The maximum atomic E-state index is 11.8. The second kappa shape index (κ2) is 7.67. The molecule has 0 aliphatic carbocycles. The Labute approximate surface area is 158 Å². The molecule has 0 fully saturated rings. The summed E-state index contributed by atoms with van der Waals surface area (Å²) in [6.07, 6.45) is 0.815. The average Bonchev–Trinajstić information content (AvgIpc) is 2.97. The summed E-state index contributed by atoms with van der Waals surface area (Å²) in [5, 5.41) is 0.645. The van der Waals surface area contributed by atoms with Crippen molar-refractivity contribution < 1.29 is 9.53 Å². The summed E-state index contributed by atoms with van der Waals surface area (Å²) in [5.74, 6) is 0.401. The molecule has 3 rings (SSSR count). The van der Waals surface area contributed by atoms with Gasteiger partial charge in [0.2, 0.25) is 0 Å². The number of nitrogens with two attached hydrogens (primary N) is 1. The van der Waals surface area contributed by atoms with E-state index in [9.17, 15) is 4.79 Å². The molecule has 134 valence electrons. The van der Waals surface area contributed by atoms with Gasteiger partial charge in [0.1, 0.15) is 5.75 Å². The lowest BCUT2D eigenvalue weighted by Gasteiger charge is -2.13.